The molecule has 112 valence electrons. The lowest BCUT2D eigenvalue weighted by Crippen LogP contribution is -2.19. The van der Waals surface area contributed by atoms with Crippen molar-refractivity contribution in [3.05, 3.63) is 27.8 Å². The Balaban J connectivity index is 2.33. The average Bonchev–Trinajstić information content (AvgIpc) is 2.37. The van der Waals surface area contributed by atoms with E-state index in [1.54, 1.807) is 13.0 Å². The van der Waals surface area contributed by atoms with Gasteiger partial charge in [0.15, 0.2) is 0 Å². The molecule has 0 aromatic heterocycles. The number of aryl methyl sites for hydroxylation is 1. The van der Waals surface area contributed by atoms with Crippen molar-refractivity contribution in [2.45, 2.75) is 36.3 Å². The molecule has 0 saturated heterocycles. The van der Waals surface area contributed by atoms with Gasteiger partial charge in [-0.2, -0.15) is 0 Å². The number of fused-ring (bicyclic) bond motifs is 1. The number of carboxylic acids is 1. The molecule has 1 aromatic rings. The molecular weight excluding hydrogens is 296 g/mol. The van der Waals surface area contributed by atoms with Crippen LogP contribution in [0.15, 0.2) is 17.0 Å². The van der Waals surface area contributed by atoms with Crippen LogP contribution in [-0.2, 0) is 16.0 Å². The highest BCUT2D eigenvalue weighted by atomic mass is 32.2. The number of hydrogen-bond donors (Lipinski definition) is 2. The molecule has 0 fully saturated rings. The van der Waals surface area contributed by atoms with Gasteiger partial charge in [0, 0.05) is 17.7 Å². The van der Waals surface area contributed by atoms with Crippen LogP contribution >= 0.6 is 11.8 Å². The zero-order valence-corrected chi connectivity index (χ0v) is 12.1. The molecule has 2 N–H and O–H groups in total. The molecule has 0 aliphatic carbocycles. The zero-order valence-electron chi connectivity index (χ0n) is 11.3. The second-order valence-electron chi connectivity index (χ2n) is 4.81. The van der Waals surface area contributed by atoms with Crippen LogP contribution in [0.2, 0.25) is 0 Å². The Morgan fingerprint density at radius 2 is 2.24 bits per heavy atom. The van der Waals surface area contributed by atoms with E-state index in [4.69, 9.17) is 5.11 Å². The van der Waals surface area contributed by atoms with Gasteiger partial charge in [-0.25, -0.2) is 0 Å². The Kier molecular flexibility index (Phi) is 4.46. The van der Waals surface area contributed by atoms with Crippen molar-refractivity contribution >= 4 is 35.0 Å². The van der Waals surface area contributed by atoms with Gasteiger partial charge in [-0.15, -0.1) is 11.8 Å². The Hall–Kier alpha value is -2.09. The smallest absolute Gasteiger partial charge is 0.304 e. The number of anilines is 1. The van der Waals surface area contributed by atoms with E-state index in [0.717, 1.165) is 5.56 Å². The van der Waals surface area contributed by atoms with E-state index in [1.165, 1.54) is 17.8 Å². The Bertz CT molecular complexity index is 617. The van der Waals surface area contributed by atoms with Crippen molar-refractivity contribution in [2.75, 3.05) is 5.32 Å². The number of rotatable bonds is 5. The third kappa shape index (κ3) is 3.72. The van der Waals surface area contributed by atoms with Crippen molar-refractivity contribution in [1.82, 2.24) is 0 Å². The highest BCUT2D eigenvalue weighted by Gasteiger charge is 2.24. The van der Waals surface area contributed by atoms with Gasteiger partial charge in [-0.05, 0) is 18.1 Å². The summed E-state index contributed by atoms with van der Waals surface area (Å²) in [6.45, 7) is 1.71. The number of amides is 1. The molecule has 0 radical (unpaired) electrons. The lowest BCUT2D eigenvalue weighted by Gasteiger charge is -2.18. The summed E-state index contributed by atoms with van der Waals surface area (Å²) in [7, 11) is 0. The first-order valence-corrected chi connectivity index (χ1v) is 7.24. The van der Waals surface area contributed by atoms with Crippen molar-refractivity contribution in [2.24, 2.45) is 0 Å². The van der Waals surface area contributed by atoms with E-state index < -0.39 is 10.9 Å². The molecule has 8 heteroatoms. The summed E-state index contributed by atoms with van der Waals surface area (Å²) in [6.07, 6.45) is 0.801. The molecular formula is C13H14N2O5S. The molecule has 7 nitrogen and oxygen atoms in total. The maximum absolute atomic E-state index is 11.3. The Morgan fingerprint density at radius 3 is 2.86 bits per heavy atom. The number of aliphatic carboxylic acids is 1. The molecule has 1 amide bonds. The third-order valence-corrected chi connectivity index (χ3v) is 4.22. The summed E-state index contributed by atoms with van der Waals surface area (Å²) in [5, 5.41) is 22.3. The molecule has 1 heterocycles. The predicted octanol–water partition coefficient (Wildman–Crippen LogP) is 2.43. The Labute approximate surface area is 124 Å². The predicted molar refractivity (Wildman–Crippen MR) is 77.6 cm³/mol. The highest BCUT2D eigenvalue weighted by Crippen LogP contribution is 2.38. The van der Waals surface area contributed by atoms with Crippen LogP contribution in [0.25, 0.3) is 0 Å². The number of thioether (sulfide) groups is 1. The first-order valence-electron chi connectivity index (χ1n) is 6.36. The number of carbonyl (C=O) groups excluding carboxylic acids is 1. The highest BCUT2D eigenvalue weighted by molar-refractivity contribution is 8.00. The van der Waals surface area contributed by atoms with Crippen LogP contribution in [0, 0.1) is 10.1 Å². The van der Waals surface area contributed by atoms with Gasteiger partial charge in [-0.3, -0.25) is 19.7 Å². The molecule has 21 heavy (non-hydrogen) atoms. The Morgan fingerprint density at radius 1 is 1.52 bits per heavy atom. The SMILES string of the molecule is CC(CC(=O)O)Sc1cc2c(cc1[N+](=O)[O-])NC(=O)CC2. The molecule has 0 spiro atoms. The van der Waals surface area contributed by atoms with Gasteiger partial charge in [0.2, 0.25) is 5.91 Å². The van der Waals surface area contributed by atoms with Gasteiger partial charge in [-0.1, -0.05) is 6.92 Å². The summed E-state index contributed by atoms with van der Waals surface area (Å²) in [4.78, 5) is 33.1. The number of carbonyl (C=O) groups is 2. The van der Waals surface area contributed by atoms with Crippen molar-refractivity contribution in [3.8, 4) is 0 Å². The minimum atomic E-state index is -0.942. The zero-order chi connectivity index (χ0) is 15.6. The minimum absolute atomic E-state index is 0.0738. The summed E-state index contributed by atoms with van der Waals surface area (Å²) < 4.78 is 0. The van der Waals surface area contributed by atoms with Crippen LogP contribution in [0.4, 0.5) is 11.4 Å². The summed E-state index contributed by atoms with van der Waals surface area (Å²) in [6, 6.07) is 3.03. The van der Waals surface area contributed by atoms with Crippen molar-refractivity contribution in [1.29, 1.82) is 0 Å². The average molecular weight is 310 g/mol. The molecule has 1 unspecified atom stereocenters. The first-order chi connectivity index (χ1) is 9.86. The lowest BCUT2D eigenvalue weighted by molar-refractivity contribution is -0.387. The maximum Gasteiger partial charge on any atom is 0.304 e. The monoisotopic (exact) mass is 310 g/mol. The minimum Gasteiger partial charge on any atom is -0.481 e. The van der Waals surface area contributed by atoms with E-state index >= 15 is 0 Å². The molecule has 1 aliphatic heterocycles. The second-order valence-corrected chi connectivity index (χ2v) is 6.29. The fourth-order valence-electron chi connectivity index (χ4n) is 2.14. The normalized spacial score (nSPS) is 15.0. The summed E-state index contributed by atoms with van der Waals surface area (Å²) in [5.74, 6) is -1.10. The van der Waals surface area contributed by atoms with Crippen LogP contribution in [0.3, 0.4) is 0 Å². The van der Waals surface area contributed by atoms with Gasteiger partial charge in [0.1, 0.15) is 0 Å². The molecule has 1 aliphatic rings. The number of nitro benzene ring substituents is 1. The quantitative estimate of drug-likeness (QED) is 0.491. The fourth-order valence-corrected chi connectivity index (χ4v) is 3.26. The van der Waals surface area contributed by atoms with Crippen LogP contribution in [0.1, 0.15) is 25.3 Å². The summed E-state index contributed by atoms with van der Waals surface area (Å²) >= 11 is 1.17. The van der Waals surface area contributed by atoms with Gasteiger partial charge in [0.25, 0.3) is 5.69 Å². The second kappa shape index (κ2) is 6.13. The number of benzene rings is 1. The topological polar surface area (TPSA) is 110 Å². The van der Waals surface area contributed by atoms with E-state index in [-0.39, 0.29) is 23.3 Å². The first kappa shape index (κ1) is 15.3. The van der Waals surface area contributed by atoms with E-state index in [1.807, 2.05) is 0 Å². The van der Waals surface area contributed by atoms with E-state index in [2.05, 4.69) is 5.32 Å². The van der Waals surface area contributed by atoms with Gasteiger partial charge in [0.05, 0.1) is 21.9 Å². The standard InChI is InChI=1S/C13H14N2O5S/c1-7(4-13(17)18)21-11-5-8-2-3-12(16)14-9(8)6-10(11)15(19)20/h5-7H,2-4H2,1H3,(H,14,16)(H,17,18). The number of carboxylic acid groups (broad SMARTS) is 1. The van der Waals surface area contributed by atoms with Crippen LogP contribution < -0.4 is 5.32 Å². The molecule has 1 atom stereocenters. The number of nitrogens with zero attached hydrogens (tertiary/aromatic N) is 1. The van der Waals surface area contributed by atoms with Crippen LogP contribution in [0.5, 0.6) is 0 Å². The number of nitro groups is 1. The largest absolute Gasteiger partial charge is 0.481 e. The summed E-state index contributed by atoms with van der Waals surface area (Å²) in [5.41, 5.74) is 1.19. The molecule has 0 saturated carbocycles. The molecule has 1 aromatic carbocycles. The fraction of sp³-hybridized carbons (Fsp3) is 0.385. The molecule has 2 rings (SSSR count). The number of nitrogens with one attached hydrogen (secondary N) is 1. The van der Waals surface area contributed by atoms with Crippen molar-refractivity contribution in [3.63, 3.8) is 0 Å². The van der Waals surface area contributed by atoms with Gasteiger partial charge < -0.3 is 10.4 Å². The van der Waals surface area contributed by atoms with E-state index in [0.29, 0.717) is 23.4 Å². The number of hydrogen-bond acceptors (Lipinski definition) is 5. The lowest BCUT2D eigenvalue weighted by atomic mass is 10.0. The van der Waals surface area contributed by atoms with Crippen molar-refractivity contribution < 1.29 is 19.6 Å². The van der Waals surface area contributed by atoms with Crippen LogP contribution in [-0.4, -0.2) is 27.2 Å². The molecule has 0 bridgehead atoms. The van der Waals surface area contributed by atoms with E-state index in [9.17, 15) is 19.7 Å². The maximum atomic E-state index is 11.3. The van der Waals surface area contributed by atoms with Gasteiger partial charge >= 0.3 is 5.97 Å². The third-order valence-electron chi connectivity index (χ3n) is 3.07.